The third-order valence-electron chi connectivity index (χ3n) is 3.30. The minimum absolute atomic E-state index is 0.466. The molecule has 0 aromatic heterocycles. The van der Waals surface area contributed by atoms with Crippen LogP contribution in [0, 0.1) is 0 Å². The predicted molar refractivity (Wildman–Crippen MR) is 67.5 cm³/mol. The summed E-state index contributed by atoms with van der Waals surface area (Å²) in [5, 5.41) is 10.3. The van der Waals surface area contributed by atoms with Gasteiger partial charge in [-0.2, -0.15) is 0 Å². The number of ether oxygens (including phenoxy) is 1. The van der Waals surface area contributed by atoms with E-state index in [0.717, 1.165) is 24.2 Å². The molecule has 1 aromatic carbocycles. The second-order valence-corrected chi connectivity index (χ2v) is 4.65. The molecule has 0 amide bonds. The van der Waals surface area contributed by atoms with Crippen molar-refractivity contribution in [1.29, 1.82) is 0 Å². The first-order valence-corrected chi connectivity index (χ1v) is 6.31. The minimum Gasteiger partial charge on any atom is -0.380 e. The summed E-state index contributed by atoms with van der Waals surface area (Å²) in [5.41, 5.74) is 2.09. The molecule has 1 saturated heterocycles. The Labute approximate surface area is 103 Å². The number of nitrogens with zero attached hydrogens (tertiary/aromatic N) is 1. The molecule has 1 unspecified atom stereocenters. The molecule has 0 saturated carbocycles. The van der Waals surface area contributed by atoms with Crippen molar-refractivity contribution in [3.05, 3.63) is 35.4 Å². The lowest BCUT2D eigenvalue weighted by Crippen LogP contribution is -2.33. The predicted octanol–water partition coefficient (Wildman–Crippen LogP) is 2.31. The molecule has 94 valence electrons. The molecule has 1 heterocycles. The van der Waals surface area contributed by atoms with E-state index in [4.69, 9.17) is 4.74 Å². The van der Waals surface area contributed by atoms with Crippen LogP contribution in [-0.4, -0.2) is 30.2 Å². The molecule has 0 aliphatic carbocycles. The van der Waals surface area contributed by atoms with E-state index >= 15 is 0 Å². The van der Waals surface area contributed by atoms with Gasteiger partial charge >= 0.3 is 0 Å². The van der Waals surface area contributed by atoms with E-state index < -0.39 is 6.23 Å². The highest BCUT2D eigenvalue weighted by atomic mass is 16.5. The number of benzene rings is 1. The van der Waals surface area contributed by atoms with Gasteiger partial charge in [0.1, 0.15) is 6.23 Å². The Morgan fingerprint density at radius 2 is 2.06 bits per heavy atom. The number of hydrogen-bond donors (Lipinski definition) is 1. The highest BCUT2D eigenvalue weighted by Crippen LogP contribution is 2.22. The van der Waals surface area contributed by atoms with Gasteiger partial charge in [-0.3, -0.25) is 4.90 Å². The molecule has 2 rings (SSSR count). The Morgan fingerprint density at radius 1 is 1.29 bits per heavy atom. The van der Waals surface area contributed by atoms with Crippen molar-refractivity contribution >= 4 is 0 Å². The first kappa shape index (κ1) is 12.6. The molecule has 17 heavy (non-hydrogen) atoms. The number of likely N-dealkylation sites (tertiary alicyclic amines) is 1. The van der Waals surface area contributed by atoms with E-state index in [2.05, 4.69) is 4.90 Å². The lowest BCUT2D eigenvalue weighted by atomic mass is 10.1. The van der Waals surface area contributed by atoms with Crippen molar-refractivity contribution in [3.8, 4) is 0 Å². The zero-order valence-electron chi connectivity index (χ0n) is 10.4. The average Bonchev–Trinajstić information content (AvgIpc) is 2.40. The number of methoxy groups -OCH3 is 1. The Balaban J connectivity index is 2.06. The molecule has 1 N–H and O–H groups in total. The summed E-state index contributed by atoms with van der Waals surface area (Å²) in [6.45, 7) is 2.59. The van der Waals surface area contributed by atoms with Gasteiger partial charge in [-0.1, -0.05) is 24.6 Å². The van der Waals surface area contributed by atoms with Gasteiger partial charge in [-0.15, -0.1) is 0 Å². The monoisotopic (exact) mass is 235 g/mol. The minimum atomic E-state index is -0.466. The summed E-state index contributed by atoms with van der Waals surface area (Å²) in [5.74, 6) is 0. The summed E-state index contributed by atoms with van der Waals surface area (Å²) in [6, 6.07) is 8.02. The van der Waals surface area contributed by atoms with Gasteiger partial charge in [0.2, 0.25) is 0 Å². The van der Waals surface area contributed by atoms with E-state index in [1.807, 2.05) is 24.3 Å². The Hall–Kier alpha value is -0.900. The van der Waals surface area contributed by atoms with Crippen LogP contribution in [-0.2, 0) is 11.3 Å². The van der Waals surface area contributed by atoms with Crippen LogP contribution < -0.4 is 0 Å². The Kier molecular flexibility index (Phi) is 4.54. The van der Waals surface area contributed by atoms with Crippen LogP contribution in [0.2, 0.25) is 0 Å². The summed E-state index contributed by atoms with van der Waals surface area (Å²) in [4.78, 5) is 2.15. The molecule has 1 aromatic rings. The normalized spacial score (nSPS) is 19.2. The molecule has 3 nitrogen and oxygen atoms in total. The number of rotatable bonds is 4. The average molecular weight is 235 g/mol. The Morgan fingerprint density at radius 3 is 2.76 bits per heavy atom. The molecular formula is C14H21NO2. The summed E-state index contributed by atoms with van der Waals surface area (Å²) in [6.07, 6.45) is 3.20. The molecule has 1 atom stereocenters. The zero-order chi connectivity index (χ0) is 12.1. The number of hydrogen-bond acceptors (Lipinski definition) is 3. The van der Waals surface area contributed by atoms with Crippen LogP contribution in [0.3, 0.4) is 0 Å². The van der Waals surface area contributed by atoms with Crippen LogP contribution >= 0.6 is 0 Å². The van der Waals surface area contributed by atoms with E-state index in [1.165, 1.54) is 19.3 Å². The van der Waals surface area contributed by atoms with Crippen molar-refractivity contribution in [3.63, 3.8) is 0 Å². The van der Waals surface area contributed by atoms with E-state index in [-0.39, 0.29) is 0 Å². The second kappa shape index (κ2) is 6.15. The van der Waals surface area contributed by atoms with Crippen molar-refractivity contribution in [2.75, 3.05) is 20.2 Å². The van der Waals surface area contributed by atoms with Crippen molar-refractivity contribution < 1.29 is 9.84 Å². The van der Waals surface area contributed by atoms with Crippen LogP contribution in [0.25, 0.3) is 0 Å². The second-order valence-electron chi connectivity index (χ2n) is 4.65. The van der Waals surface area contributed by atoms with Gasteiger partial charge in [-0.05, 0) is 30.0 Å². The van der Waals surface area contributed by atoms with E-state index in [1.54, 1.807) is 7.11 Å². The lowest BCUT2D eigenvalue weighted by molar-refractivity contribution is -0.00994. The third kappa shape index (κ3) is 3.28. The molecule has 0 bridgehead atoms. The number of aliphatic hydroxyl groups is 1. The largest absolute Gasteiger partial charge is 0.380 e. The standard InChI is InChI=1S/C14H21NO2/c1-17-11-12-6-5-7-13(10-12)14(16)15-8-3-2-4-9-15/h5-7,10,14,16H,2-4,8-9,11H2,1H3. The maximum absolute atomic E-state index is 10.3. The fourth-order valence-corrected chi connectivity index (χ4v) is 2.38. The molecule has 1 aliphatic rings. The topological polar surface area (TPSA) is 32.7 Å². The van der Waals surface area contributed by atoms with Gasteiger partial charge in [0, 0.05) is 20.2 Å². The third-order valence-corrected chi connectivity index (χ3v) is 3.30. The molecular weight excluding hydrogens is 214 g/mol. The number of piperidine rings is 1. The van der Waals surface area contributed by atoms with Crippen molar-refractivity contribution in [2.45, 2.75) is 32.1 Å². The summed E-state index contributed by atoms with van der Waals surface area (Å²) < 4.78 is 5.11. The lowest BCUT2D eigenvalue weighted by Gasteiger charge is -2.31. The van der Waals surface area contributed by atoms with Gasteiger partial charge in [0.05, 0.1) is 6.61 Å². The van der Waals surface area contributed by atoms with E-state index in [0.29, 0.717) is 6.61 Å². The Bertz CT molecular complexity index is 348. The van der Waals surface area contributed by atoms with Crippen LogP contribution in [0.15, 0.2) is 24.3 Å². The fraction of sp³-hybridized carbons (Fsp3) is 0.571. The smallest absolute Gasteiger partial charge is 0.133 e. The SMILES string of the molecule is COCc1cccc(C(O)N2CCCCC2)c1. The quantitative estimate of drug-likeness (QED) is 0.869. The van der Waals surface area contributed by atoms with E-state index in [9.17, 15) is 5.11 Å². The van der Waals surface area contributed by atoms with Crippen LogP contribution in [0.4, 0.5) is 0 Å². The first-order valence-electron chi connectivity index (χ1n) is 6.31. The fourth-order valence-electron chi connectivity index (χ4n) is 2.38. The first-order chi connectivity index (χ1) is 8.31. The maximum atomic E-state index is 10.3. The van der Waals surface area contributed by atoms with Gasteiger partial charge in [-0.25, -0.2) is 0 Å². The molecule has 0 spiro atoms. The molecule has 1 aliphatic heterocycles. The molecule has 3 heteroatoms. The van der Waals surface area contributed by atoms with Gasteiger partial charge < -0.3 is 9.84 Å². The van der Waals surface area contributed by atoms with Crippen LogP contribution in [0.5, 0.6) is 0 Å². The van der Waals surface area contributed by atoms with Crippen molar-refractivity contribution in [1.82, 2.24) is 4.90 Å². The zero-order valence-corrected chi connectivity index (χ0v) is 10.4. The molecule has 0 radical (unpaired) electrons. The van der Waals surface area contributed by atoms with Gasteiger partial charge in [0.25, 0.3) is 0 Å². The highest BCUT2D eigenvalue weighted by molar-refractivity contribution is 5.24. The van der Waals surface area contributed by atoms with Gasteiger partial charge in [0.15, 0.2) is 0 Å². The summed E-state index contributed by atoms with van der Waals surface area (Å²) >= 11 is 0. The van der Waals surface area contributed by atoms with Crippen LogP contribution in [0.1, 0.15) is 36.6 Å². The maximum Gasteiger partial charge on any atom is 0.133 e. The highest BCUT2D eigenvalue weighted by Gasteiger charge is 2.19. The molecule has 1 fully saturated rings. The van der Waals surface area contributed by atoms with Crippen molar-refractivity contribution in [2.24, 2.45) is 0 Å². The summed E-state index contributed by atoms with van der Waals surface area (Å²) in [7, 11) is 1.69. The number of aliphatic hydroxyl groups excluding tert-OH is 1.